The van der Waals surface area contributed by atoms with Crippen molar-refractivity contribution in [3.05, 3.63) is 71.7 Å². The second-order valence-electron chi connectivity index (χ2n) is 7.45. The molecule has 3 aromatic rings. The van der Waals surface area contributed by atoms with Crippen LogP contribution in [0.25, 0.3) is 11.3 Å². The Kier molecular flexibility index (Phi) is 4.86. The van der Waals surface area contributed by atoms with Gasteiger partial charge in [0.2, 0.25) is 0 Å². The molecule has 3 rings (SSSR count). The summed E-state index contributed by atoms with van der Waals surface area (Å²) in [5.41, 5.74) is 1.32. The normalized spacial score (nSPS) is 12.2. The molecule has 2 aromatic carbocycles. The summed E-state index contributed by atoms with van der Waals surface area (Å²) < 4.78 is 48.1. The summed E-state index contributed by atoms with van der Waals surface area (Å²) in [5, 5.41) is 0. The first kappa shape index (κ1) is 19.2. The van der Waals surface area contributed by atoms with Crippen LogP contribution in [0.1, 0.15) is 32.1 Å². The van der Waals surface area contributed by atoms with Crippen molar-refractivity contribution in [1.82, 2.24) is 0 Å². The van der Waals surface area contributed by atoms with Crippen molar-refractivity contribution >= 4 is 15.7 Å². The van der Waals surface area contributed by atoms with Crippen molar-refractivity contribution in [2.24, 2.45) is 0 Å². The van der Waals surface area contributed by atoms with Crippen molar-refractivity contribution in [2.45, 2.75) is 38.0 Å². The monoisotopic (exact) mass is 387 g/mol. The van der Waals surface area contributed by atoms with E-state index in [0.717, 1.165) is 11.6 Å². The number of anilines is 1. The molecule has 1 N–H and O–H groups in total. The third-order valence-electron chi connectivity index (χ3n) is 4.24. The molecule has 0 bridgehead atoms. The zero-order chi connectivity index (χ0) is 19.8. The van der Waals surface area contributed by atoms with Gasteiger partial charge < -0.3 is 4.42 Å². The smallest absolute Gasteiger partial charge is 0.262 e. The largest absolute Gasteiger partial charge is 0.461 e. The fourth-order valence-electron chi connectivity index (χ4n) is 2.87. The van der Waals surface area contributed by atoms with Crippen molar-refractivity contribution in [3.63, 3.8) is 0 Å². The second kappa shape index (κ2) is 6.85. The summed E-state index contributed by atoms with van der Waals surface area (Å²) >= 11 is 0. The molecule has 0 saturated heterocycles. The van der Waals surface area contributed by atoms with Crippen LogP contribution in [0.15, 0.2) is 63.9 Å². The molecule has 27 heavy (non-hydrogen) atoms. The summed E-state index contributed by atoms with van der Waals surface area (Å²) in [5.74, 6) is 0.359. The first-order chi connectivity index (χ1) is 12.6. The Bertz CT molecular complexity index is 1080. The lowest BCUT2D eigenvalue weighted by atomic mass is 9.86. The molecule has 6 heteroatoms. The van der Waals surface area contributed by atoms with Crippen LogP contribution in [0.3, 0.4) is 0 Å². The molecule has 0 spiro atoms. The van der Waals surface area contributed by atoms with Gasteiger partial charge in [-0.3, -0.25) is 4.72 Å². The van der Waals surface area contributed by atoms with Crippen LogP contribution < -0.4 is 4.72 Å². The molecule has 0 aliphatic carbocycles. The van der Waals surface area contributed by atoms with Gasteiger partial charge in [-0.25, -0.2) is 12.8 Å². The Morgan fingerprint density at radius 1 is 1.00 bits per heavy atom. The van der Waals surface area contributed by atoms with E-state index < -0.39 is 15.8 Å². The zero-order valence-corrected chi connectivity index (χ0v) is 16.5. The topological polar surface area (TPSA) is 59.3 Å². The highest BCUT2D eigenvalue weighted by atomic mass is 32.2. The molecule has 1 aromatic heterocycles. The number of furan rings is 1. The summed E-state index contributed by atoms with van der Waals surface area (Å²) in [6.45, 7) is 7.76. The van der Waals surface area contributed by atoms with Crippen molar-refractivity contribution < 1.29 is 17.2 Å². The number of para-hydroxylation sites is 1. The predicted molar refractivity (Wildman–Crippen MR) is 105 cm³/mol. The van der Waals surface area contributed by atoms with Crippen molar-refractivity contribution in [2.75, 3.05) is 4.72 Å². The number of halogens is 1. The number of benzene rings is 2. The summed E-state index contributed by atoms with van der Waals surface area (Å²) in [6.07, 6.45) is 0. The molecular weight excluding hydrogens is 365 g/mol. The van der Waals surface area contributed by atoms with Gasteiger partial charge in [0.1, 0.15) is 17.3 Å². The Balaban J connectivity index is 1.96. The maximum Gasteiger partial charge on any atom is 0.262 e. The van der Waals surface area contributed by atoms with Gasteiger partial charge in [-0.1, -0.05) is 39.0 Å². The van der Waals surface area contributed by atoms with Crippen LogP contribution in [-0.2, 0) is 15.4 Å². The van der Waals surface area contributed by atoms with E-state index in [4.69, 9.17) is 4.42 Å². The maximum absolute atomic E-state index is 14.5. The number of sulfonamides is 1. The highest BCUT2D eigenvalue weighted by molar-refractivity contribution is 7.92. The quantitative estimate of drug-likeness (QED) is 0.644. The van der Waals surface area contributed by atoms with Crippen LogP contribution in [-0.4, -0.2) is 8.42 Å². The number of hydrogen-bond donors (Lipinski definition) is 1. The summed E-state index contributed by atoms with van der Waals surface area (Å²) in [6, 6.07) is 14.4. The molecule has 4 nitrogen and oxygen atoms in total. The van der Waals surface area contributed by atoms with Gasteiger partial charge in [0, 0.05) is 0 Å². The molecule has 0 saturated carbocycles. The number of rotatable bonds is 4. The average molecular weight is 387 g/mol. The number of aryl methyl sites for hydroxylation is 1. The molecule has 0 fully saturated rings. The van der Waals surface area contributed by atoms with E-state index in [0.29, 0.717) is 17.2 Å². The van der Waals surface area contributed by atoms with Crippen LogP contribution in [0.2, 0.25) is 0 Å². The Morgan fingerprint density at radius 2 is 1.70 bits per heavy atom. The van der Waals surface area contributed by atoms with Gasteiger partial charge in [-0.15, -0.1) is 0 Å². The number of nitrogens with one attached hydrogen (secondary N) is 1. The molecule has 0 atom stereocenters. The Morgan fingerprint density at radius 3 is 2.30 bits per heavy atom. The molecule has 0 radical (unpaired) electrons. The summed E-state index contributed by atoms with van der Waals surface area (Å²) in [7, 11) is -3.93. The SMILES string of the molecule is Cc1ccc(-c2ccc(S(=O)(=O)Nc3ccccc3C(C)(C)C)cc2F)o1. The zero-order valence-electron chi connectivity index (χ0n) is 15.7. The second-order valence-corrected chi connectivity index (χ2v) is 9.14. The lowest BCUT2D eigenvalue weighted by Gasteiger charge is -2.23. The van der Waals surface area contributed by atoms with Crippen LogP contribution >= 0.6 is 0 Å². The van der Waals surface area contributed by atoms with Gasteiger partial charge in [0.05, 0.1) is 16.1 Å². The molecule has 142 valence electrons. The van der Waals surface area contributed by atoms with E-state index in [1.54, 1.807) is 31.2 Å². The van der Waals surface area contributed by atoms with Gasteiger partial charge >= 0.3 is 0 Å². The first-order valence-electron chi connectivity index (χ1n) is 8.56. The minimum Gasteiger partial charge on any atom is -0.461 e. The van der Waals surface area contributed by atoms with E-state index in [-0.39, 0.29) is 15.9 Å². The molecule has 0 unspecified atom stereocenters. The van der Waals surface area contributed by atoms with Gasteiger partial charge in [0.25, 0.3) is 10.0 Å². The first-order valence-corrected chi connectivity index (χ1v) is 10.0. The highest BCUT2D eigenvalue weighted by Crippen LogP contribution is 2.32. The average Bonchev–Trinajstić information content (AvgIpc) is 3.00. The number of hydrogen-bond acceptors (Lipinski definition) is 3. The van der Waals surface area contributed by atoms with E-state index in [9.17, 15) is 12.8 Å². The molecule has 0 aliphatic rings. The lowest BCUT2D eigenvalue weighted by molar-refractivity contribution is 0.540. The molecule has 0 amide bonds. The lowest BCUT2D eigenvalue weighted by Crippen LogP contribution is -2.19. The fraction of sp³-hybridized carbons (Fsp3) is 0.238. The van der Waals surface area contributed by atoms with Crippen LogP contribution in [0.4, 0.5) is 10.1 Å². The Labute approximate surface area is 159 Å². The van der Waals surface area contributed by atoms with E-state index >= 15 is 0 Å². The fourth-order valence-corrected chi connectivity index (χ4v) is 3.96. The van der Waals surface area contributed by atoms with E-state index in [1.165, 1.54) is 12.1 Å². The third-order valence-corrected chi connectivity index (χ3v) is 5.60. The van der Waals surface area contributed by atoms with Gasteiger partial charge in [0.15, 0.2) is 0 Å². The maximum atomic E-state index is 14.5. The van der Waals surface area contributed by atoms with E-state index in [1.807, 2.05) is 32.9 Å². The standard InChI is InChI=1S/C21H22FNO3S/c1-14-9-12-20(26-14)16-11-10-15(13-18(16)22)27(24,25)23-19-8-6-5-7-17(19)21(2,3)4/h5-13,23H,1-4H3. The van der Waals surface area contributed by atoms with Crippen LogP contribution in [0, 0.1) is 12.7 Å². The minimum absolute atomic E-state index is 0.143. The van der Waals surface area contributed by atoms with Gasteiger partial charge in [-0.2, -0.15) is 0 Å². The van der Waals surface area contributed by atoms with E-state index in [2.05, 4.69) is 4.72 Å². The molecular formula is C21H22FNO3S. The van der Waals surface area contributed by atoms with Crippen molar-refractivity contribution in [1.29, 1.82) is 0 Å². The van der Waals surface area contributed by atoms with Crippen molar-refractivity contribution in [3.8, 4) is 11.3 Å². The van der Waals surface area contributed by atoms with Crippen LogP contribution in [0.5, 0.6) is 0 Å². The molecule has 1 heterocycles. The molecule has 0 aliphatic heterocycles. The minimum atomic E-state index is -3.93. The summed E-state index contributed by atoms with van der Waals surface area (Å²) in [4.78, 5) is -0.143. The highest BCUT2D eigenvalue weighted by Gasteiger charge is 2.23. The third kappa shape index (κ3) is 4.06. The van der Waals surface area contributed by atoms with Gasteiger partial charge in [-0.05, 0) is 54.3 Å². The Hall–Kier alpha value is -2.60. The predicted octanol–water partition coefficient (Wildman–Crippen LogP) is 5.49.